The maximum atomic E-state index is 13.9. The van der Waals surface area contributed by atoms with Gasteiger partial charge in [-0.25, -0.2) is 14.2 Å². The van der Waals surface area contributed by atoms with Crippen molar-refractivity contribution in [3.63, 3.8) is 0 Å². The van der Waals surface area contributed by atoms with Crippen molar-refractivity contribution in [1.29, 1.82) is 0 Å². The van der Waals surface area contributed by atoms with E-state index >= 15 is 0 Å². The summed E-state index contributed by atoms with van der Waals surface area (Å²) < 4.78 is 13.9. The van der Waals surface area contributed by atoms with Crippen LogP contribution >= 0.6 is 11.6 Å². The Morgan fingerprint density at radius 2 is 2.22 bits per heavy atom. The molecular weight excluding hydrogens is 321 g/mol. The van der Waals surface area contributed by atoms with Crippen molar-refractivity contribution in [3.05, 3.63) is 52.7 Å². The number of pyridine rings is 2. The number of nitrogens with zero attached hydrogens (tertiary/aromatic N) is 3. The molecule has 23 heavy (non-hydrogen) atoms. The number of hydrogen-bond acceptors (Lipinski definition) is 4. The van der Waals surface area contributed by atoms with Crippen LogP contribution in [-0.2, 0) is 6.42 Å². The van der Waals surface area contributed by atoms with Crippen LogP contribution in [0, 0.1) is 11.7 Å². The highest BCUT2D eigenvalue weighted by Gasteiger charge is 2.26. The molecule has 3 heterocycles. The molecule has 2 aromatic rings. The van der Waals surface area contributed by atoms with Gasteiger partial charge in [-0.2, -0.15) is 0 Å². The summed E-state index contributed by atoms with van der Waals surface area (Å²) in [6.07, 6.45) is 6.05. The summed E-state index contributed by atoms with van der Waals surface area (Å²) in [4.78, 5) is 20.9. The van der Waals surface area contributed by atoms with Gasteiger partial charge < -0.3 is 10.0 Å². The number of rotatable bonds is 4. The van der Waals surface area contributed by atoms with Crippen molar-refractivity contribution in [2.24, 2.45) is 5.92 Å². The van der Waals surface area contributed by atoms with Gasteiger partial charge in [-0.15, -0.1) is 0 Å². The Hall–Kier alpha value is -2.21. The normalized spacial score (nSPS) is 17.5. The summed E-state index contributed by atoms with van der Waals surface area (Å²) in [6.45, 7) is 1.38. The van der Waals surface area contributed by atoms with Gasteiger partial charge in [0.05, 0.1) is 10.6 Å². The first-order chi connectivity index (χ1) is 11.0. The summed E-state index contributed by atoms with van der Waals surface area (Å²) in [6, 6.07) is 2.90. The van der Waals surface area contributed by atoms with Crippen molar-refractivity contribution >= 4 is 23.4 Å². The van der Waals surface area contributed by atoms with E-state index < -0.39 is 11.8 Å². The number of carboxylic acid groups (broad SMARTS) is 1. The Balaban J connectivity index is 1.68. The largest absolute Gasteiger partial charge is 0.478 e. The fraction of sp³-hybridized carbons (Fsp3) is 0.312. The molecule has 0 radical (unpaired) electrons. The number of carbonyl (C=O) groups is 1. The minimum Gasteiger partial charge on any atom is -0.478 e. The Morgan fingerprint density at radius 1 is 1.39 bits per heavy atom. The molecule has 0 bridgehead atoms. The van der Waals surface area contributed by atoms with Gasteiger partial charge >= 0.3 is 5.97 Å². The predicted molar refractivity (Wildman–Crippen MR) is 84.4 cm³/mol. The second-order valence-electron chi connectivity index (χ2n) is 5.65. The maximum absolute atomic E-state index is 13.9. The first kappa shape index (κ1) is 15.7. The molecule has 1 saturated heterocycles. The van der Waals surface area contributed by atoms with Crippen molar-refractivity contribution in [1.82, 2.24) is 9.97 Å². The van der Waals surface area contributed by atoms with Gasteiger partial charge in [0.15, 0.2) is 11.6 Å². The smallest absolute Gasteiger partial charge is 0.337 e. The lowest BCUT2D eigenvalue weighted by Gasteiger charge is -2.18. The van der Waals surface area contributed by atoms with Crippen molar-refractivity contribution in [3.8, 4) is 0 Å². The standard InChI is InChI=1S/C16H15ClFN3O2/c17-13-5-14(18)15(20-8-13)21-2-1-10(9-21)3-11-4-12(16(22)23)7-19-6-11/h4-8,10H,1-3,9H2,(H,22,23). The summed E-state index contributed by atoms with van der Waals surface area (Å²) in [7, 11) is 0. The molecule has 1 unspecified atom stereocenters. The average molecular weight is 336 g/mol. The topological polar surface area (TPSA) is 66.3 Å². The van der Waals surface area contributed by atoms with Crippen LogP contribution in [0.3, 0.4) is 0 Å². The molecule has 1 aliphatic rings. The number of hydrogen-bond donors (Lipinski definition) is 1. The van der Waals surface area contributed by atoms with Crippen LogP contribution in [0.5, 0.6) is 0 Å². The van der Waals surface area contributed by atoms with Crippen LogP contribution in [0.1, 0.15) is 22.3 Å². The van der Waals surface area contributed by atoms with Crippen LogP contribution < -0.4 is 4.90 Å². The zero-order valence-corrected chi connectivity index (χ0v) is 13.0. The van der Waals surface area contributed by atoms with Crippen LogP contribution in [-0.4, -0.2) is 34.1 Å². The molecule has 0 amide bonds. The molecular formula is C16H15ClFN3O2. The Morgan fingerprint density at radius 3 is 2.96 bits per heavy atom. The molecule has 1 fully saturated rings. The van der Waals surface area contributed by atoms with Gasteiger partial charge in [0.2, 0.25) is 0 Å². The molecule has 1 N–H and O–H groups in total. The zero-order valence-electron chi connectivity index (χ0n) is 12.2. The minimum absolute atomic E-state index is 0.183. The molecule has 0 saturated carbocycles. The highest BCUT2D eigenvalue weighted by molar-refractivity contribution is 6.30. The van der Waals surface area contributed by atoms with E-state index in [1.54, 1.807) is 12.3 Å². The lowest BCUT2D eigenvalue weighted by molar-refractivity contribution is 0.0696. The third kappa shape index (κ3) is 3.59. The van der Waals surface area contributed by atoms with Gasteiger partial charge in [-0.3, -0.25) is 4.98 Å². The average Bonchev–Trinajstić information content (AvgIpc) is 2.95. The first-order valence-electron chi connectivity index (χ1n) is 7.26. The third-order valence-electron chi connectivity index (χ3n) is 3.94. The lowest BCUT2D eigenvalue weighted by Crippen LogP contribution is -2.22. The highest BCUT2D eigenvalue weighted by Crippen LogP contribution is 2.27. The van der Waals surface area contributed by atoms with Crippen LogP contribution in [0.25, 0.3) is 0 Å². The molecule has 0 aliphatic carbocycles. The SMILES string of the molecule is O=C(O)c1cncc(CC2CCN(c3ncc(Cl)cc3F)C2)c1. The van der Waals surface area contributed by atoms with Gasteiger partial charge in [-0.05, 0) is 36.5 Å². The Bertz CT molecular complexity index is 741. The molecule has 1 atom stereocenters. The molecule has 1 aliphatic heterocycles. The molecule has 0 aromatic carbocycles. The second kappa shape index (κ2) is 6.50. The van der Waals surface area contributed by atoms with Gasteiger partial charge in [0.25, 0.3) is 0 Å². The van der Waals surface area contributed by atoms with E-state index in [1.807, 2.05) is 4.90 Å². The fourth-order valence-electron chi connectivity index (χ4n) is 2.88. The van der Waals surface area contributed by atoms with E-state index in [0.717, 1.165) is 12.0 Å². The van der Waals surface area contributed by atoms with Gasteiger partial charge in [-0.1, -0.05) is 11.6 Å². The number of carboxylic acids is 1. The van der Waals surface area contributed by atoms with E-state index in [0.29, 0.717) is 31.2 Å². The van der Waals surface area contributed by atoms with E-state index in [1.165, 1.54) is 18.5 Å². The van der Waals surface area contributed by atoms with Gasteiger partial charge in [0, 0.05) is 31.7 Å². The minimum atomic E-state index is -0.986. The summed E-state index contributed by atoms with van der Waals surface area (Å²) >= 11 is 5.72. The number of anilines is 1. The summed E-state index contributed by atoms with van der Waals surface area (Å²) in [5, 5.41) is 9.28. The summed E-state index contributed by atoms with van der Waals surface area (Å²) in [5.74, 6) is -0.792. The van der Waals surface area contributed by atoms with Crippen molar-refractivity contribution < 1.29 is 14.3 Å². The van der Waals surface area contributed by atoms with Crippen LogP contribution in [0.15, 0.2) is 30.7 Å². The van der Waals surface area contributed by atoms with E-state index in [9.17, 15) is 9.18 Å². The Kier molecular flexibility index (Phi) is 4.43. The number of halogens is 2. The highest BCUT2D eigenvalue weighted by atomic mass is 35.5. The van der Waals surface area contributed by atoms with Gasteiger partial charge in [0.1, 0.15) is 0 Å². The number of aromatic nitrogens is 2. The third-order valence-corrected chi connectivity index (χ3v) is 4.15. The monoisotopic (exact) mass is 335 g/mol. The van der Waals surface area contributed by atoms with E-state index in [4.69, 9.17) is 16.7 Å². The lowest BCUT2D eigenvalue weighted by atomic mass is 9.99. The van der Waals surface area contributed by atoms with Crippen molar-refractivity contribution in [2.45, 2.75) is 12.8 Å². The van der Waals surface area contributed by atoms with Crippen LogP contribution in [0.2, 0.25) is 5.02 Å². The first-order valence-corrected chi connectivity index (χ1v) is 7.64. The predicted octanol–water partition coefficient (Wildman–Crippen LogP) is 3.04. The molecule has 120 valence electrons. The molecule has 2 aromatic heterocycles. The van der Waals surface area contributed by atoms with Crippen LogP contribution in [0.4, 0.5) is 10.2 Å². The number of aromatic carboxylic acids is 1. The maximum Gasteiger partial charge on any atom is 0.337 e. The molecule has 0 spiro atoms. The fourth-order valence-corrected chi connectivity index (χ4v) is 3.03. The molecule has 5 nitrogen and oxygen atoms in total. The molecule has 3 rings (SSSR count). The quantitative estimate of drug-likeness (QED) is 0.930. The second-order valence-corrected chi connectivity index (χ2v) is 6.09. The Labute approximate surface area is 137 Å². The summed E-state index contributed by atoms with van der Waals surface area (Å²) in [5.41, 5.74) is 1.06. The van der Waals surface area contributed by atoms with E-state index in [2.05, 4.69) is 9.97 Å². The molecule has 7 heteroatoms. The van der Waals surface area contributed by atoms with E-state index in [-0.39, 0.29) is 10.6 Å². The van der Waals surface area contributed by atoms with Crippen molar-refractivity contribution in [2.75, 3.05) is 18.0 Å². The zero-order chi connectivity index (χ0) is 16.4.